The van der Waals surface area contributed by atoms with E-state index in [4.69, 9.17) is 14.2 Å². The second-order valence-electron chi connectivity index (χ2n) is 5.83. The molecule has 8 nitrogen and oxygen atoms in total. The lowest BCUT2D eigenvalue weighted by Gasteiger charge is -2.28. The maximum Gasteiger partial charge on any atom is 0.338 e. The van der Waals surface area contributed by atoms with Crippen LogP contribution in [0.25, 0.3) is 0 Å². The van der Waals surface area contributed by atoms with Gasteiger partial charge in [0.2, 0.25) is 5.75 Å². The van der Waals surface area contributed by atoms with E-state index >= 15 is 0 Å². The summed E-state index contributed by atoms with van der Waals surface area (Å²) in [6, 6.07) is 1.88. The smallest absolute Gasteiger partial charge is 0.338 e. The second-order valence-corrected chi connectivity index (χ2v) is 5.83. The van der Waals surface area contributed by atoms with E-state index in [1.807, 2.05) is 6.92 Å². The molecule has 0 radical (unpaired) electrons. The number of benzene rings is 1. The zero-order chi connectivity index (χ0) is 19.3. The fourth-order valence-electron chi connectivity index (χ4n) is 2.68. The topological polar surface area (TPSA) is 106 Å². The zero-order valence-corrected chi connectivity index (χ0v) is 15.3. The fourth-order valence-corrected chi connectivity index (χ4v) is 2.68. The van der Waals surface area contributed by atoms with Gasteiger partial charge in [-0.05, 0) is 31.0 Å². The van der Waals surface area contributed by atoms with E-state index < -0.39 is 18.0 Å². The van der Waals surface area contributed by atoms with Gasteiger partial charge in [0.05, 0.1) is 32.4 Å². The van der Waals surface area contributed by atoms with Gasteiger partial charge in [-0.25, -0.2) is 9.59 Å². The molecule has 1 unspecified atom stereocenters. The van der Waals surface area contributed by atoms with Crippen LogP contribution in [0.5, 0.6) is 17.2 Å². The summed E-state index contributed by atoms with van der Waals surface area (Å²) in [7, 11) is 2.81. The summed E-state index contributed by atoms with van der Waals surface area (Å²) >= 11 is 0. The van der Waals surface area contributed by atoms with Crippen molar-refractivity contribution in [1.29, 1.82) is 0 Å². The van der Waals surface area contributed by atoms with Gasteiger partial charge in [-0.3, -0.25) is 0 Å². The first kappa shape index (κ1) is 19.4. The van der Waals surface area contributed by atoms with Crippen LogP contribution in [-0.2, 0) is 9.53 Å². The molecule has 0 fully saturated rings. The lowest BCUT2D eigenvalue weighted by molar-refractivity contribution is -0.139. The molecular formula is C18H24N2O6. The van der Waals surface area contributed by atoms with Gasteiger partial charge >= 0.3 is 12.0 Å². The van der Waals surface area contributed by atoms with Gasteiger partial charge < -0.3 is 30.0 Å². The van der Waals surface area contributed by atoms with E-state index in [9.17, 15) is 14.7 Å². The Balaban J connectivity index is 2.45. The highest BCUT2D eigenvalue weighted by Crippen LogP contribution is 2.40. The number of hydrogen-bond acceptors (Lipinski definition) is 6. The number of amides is 2. The van der Waals surface area contributed by atoms with Crippen molar-refractivity contribution in [2.75, 3.05) is 20.8 Å². The first-order valence-electron chi connectivity index (χ1n) is 8.33. The molecule has 0 spiro atoms. The standard InChI is InChI=1S/C18H24N2O6/c1-5-6-7-26-17(22)14-10(2)19-18(23)20-15(14)11-8-12(24-3)16(21)13(9-11)25-4/h8-9,15,21H,5-7H2,1-4H3,(H2,19,20,23). The van der Waals surface area contributed by atoms with Crippen molar-refractivity contribution >= 4 is 12.0 Å². The van der Waals surface area contributed by atoms with Gasteiger partial charge in [-0.15, -0.1) is 0 Å². The number of phenols is 1. The molecule has 2 amide bonds. The highest BCUT2D eigenvalue weighted by Gasteiger charge is 2.33. The third-order valence-corrected chi connectivity index (χ3v) is 4.06. The van der Waals surface area contributed by atoms with Gasteiger partial charge in [0, 0.05) is 5.70 Å². The summed E-state index contributed by atoms with van der Waals surface area (Å²) in [5, 5.41) is 15.4. The van der Waals surface area contributed by atoms with Crippen LogP contribution in [-0.4, -0.2) is 37.9 Å². The van der Waals surface area contributed by atoms with E-state index in [1.165, 1.54) is 14.2 Å². The van der Waals surface area contributed by atoms with Gasteiger partial charge in [0.15, 0.2) is 11.5 Å². The average Bonchev–Trinajstić information content (AvgIpc) is 2.61. The Labute approximate surface area is 152 Å². The van der Waals surface area contributed by atoms with E-state index in [2.05, 4.69) is 10.6 Å². The second kappa shape index (κ2) is 8.46. The van der Waals surface area contributed by atoms with Gasteiger partial charge in [-0.1, -0.05) is 13.3 Å². The summed E-state index contributed by atoms with van der Waals surface area (Å²) in [5.74, 6) is -0.335. The molecule has 0 aromatic heterocycles. The number of rotatable bonds is 7. The Kier molecular flexibility index (Phi) is 6.32. The van der Waals surface area contributed by atoms with Crippen LogP contribution in [0, 0.1) is 0 Å². The molecule has 1 aromatic carbocycles. The largest absolute Gasteiger partial charge is 0.502 e. The lowest BCUT2D eigenvalue weighted by atomic mass is 9.95. The molecule has 2 rings (SSSR count). The number of esters is 1. The quantitative estimate of drug-likeness (QED) is 0.507. The Morgan fingerprint density at radius 3 is 2.38 bits per heavy atom. The minimum atomic E-state index is -0.763. The molecule has 1 aliphatic rings. The molecule has 1 atom stereocenters. The number of phenolic OH excluding ortho intramolecular Hbond substituents is 1. The van der Waals surface area contributed by atoms with Gasteiger partial charge in [0.1, 0.15) is 0 Å². The molecule has 1 heterocycles. The molecule has 142 valence electrons. The zero-order valence-electron chi connectivity index (χ0n) is 15.3. The van der Waals surface area contributed by atoms with Crippen molar-refractivity contribution in [3.63, 3.8) is 0 Å². The maximum atomic E-state index is 12.6. The molecule has 1 aliphatic heterocycles. The summed E-state index contributed by atoms with van der Waals surface area (Å²) in [6.45, 7) is 3.94. The van der Waals surface area contributed by atoms with Crippen LogP contribution in [0.2, 0.25) is 0 Å². The van der Waals surface area contributed by atoms with E-state index in [0.717, 1.165) is 12.8 Å². The maximum absolute atomic E-state index is 12.6. The average molecular weight is 364 g/mol. The molecular weight excluding hydrogens is 340 g/mol. The number of unbranched alkanes of at least 4 members (excludes halogenated alkanes) is 1. The first-order chi connectivity index (χ1) is 12.4. The van der Waals surface area contributed by atoms with Crippen LogP contribution in [0.3, 0.4) is 0 Å². The minimum absolute atomic E-state index is 0.160. The number of urea groups is 1. The van der Waals surface area contributed by atoms with E-state index in [1.54, 1.807) is 19.1 Å². The fraction of sp³-hybridized carbons (Fsp3) is 0.444. The Hall–Kier alpha value is -2.90. The predicted molar refractivity (Wildman–Crippen MR) is 94.2 cm³/mol. The molecule has 3 N–H and O–H groups in total. The summed E-state index contributed by atoms with van der Waals surface area (Å²) < 4.78 is 15.6. The van der Waals surface area contributed by atoms with Crippen molar-refractivity contribution in [2.24, 2.45) is 0 Å². The first-order valence-corrected chi connectivity index (χ1v) is 8.33. The number of aromatic hydroxyl groups is 1. The molecule has 0 bridgehead atoms. The lowest BCUT2D eigenvalue weighted by Crippen LogP contribution is -2.45. The normalized spacial score (nSPS) is 16.6. The number of carbonyl (C=O) groups is 2. The number of hydrogen-bond donors (Lipinski definition) is 3. The Morgan fingerprint density at radius 2 is 1.85 bits per heavy atom. The van der Waals surface area contributed by atoms with Crippen molar-refractivity contribution in [1.82, 2.24) is 10.6 Å². The number of carbonyl (C=O) groups excluding carboxylic acids is 2. The van der Waals surface area contributed by atoms with Crippen LogP contribution in [0.4, 0.5) is 4.79 Å². The molecule has 26 heavy (non-hydrogen) atoms. The number of ether oxygens (including phenoxy) is 3. The number of nitrogens with one attached hydrogen (secondary N) is 2. The number of allylic oxidation sites excluding steroid dienone is 1. The van der Waals surface area contributed by atoms with Crippen LogP contribution in [0.1, 0.15) is 38.3 Å². The van der Waals surface area contributed by atoms with Crippen LogP contribution < -0.4 is 20.1 Å². The highest BCUT2D eigenvalue weighted by atomic mass is 16.5. The van der Waals surface area contributed by atoms with E-state index in [0.29, 0.717) is 17.9 Å². The van der Waals surface area contributed by atoms with Crippen molar-refractivity contribution in [3.8, 4) is 17.2 Å². The SMILES string of the molecule is CCCCOC(=O)C1=C(C)NC(=O)NC1c1cc(OC)c(O)c(OC)c1. The Bertz CT molecular complexity index is 703. The van der Waals surface area contributed by atoms with Gasteiger partial charge in [-0.2, -0.15) is 0 Å². The number of methoxy groups -OCH3 is 2. The molecule has 8 heteroatoms. The monoisotopic (exact) mass is 364 g/mol. The molecule has 0 saturated carbocycles. The molecule has 1 aromatic rings. The third-order valence-electron chi connectivity index (χ3n) is 4.06. The van der Waals surface area contributed by atoms with Crippen molar-refractivity contribution in [2.45, 2.75) is 32.7 Å². The molecule has 0 aliphatic carbocycles. The van der Waals surface area contributed by atoms with Crippen LogP contribution in [0.15, 0.2) is 23.4 Å². The van der Waals surface area contributed by atoms with E-state index in [-0.39, 0.29) is 22.8 Å². The highest BCUT2D eigenvalue weighted by molar-refractivity contribution is 5.95. The molecule has 0 saturated heterocycles. The van der Waals surface area contributed by atoms with Gasteiger partial charge in [0.25, 0.3) is 0 Å². The Morgan fingerprint density at radius 1 is 1.23 bits per heavy atom. The third kappa shape index (κ3) is 4.01. The van der Waals surface area contributed by atoms with Crippen molar-refractivity contribution < 1.29 is 28.9 Å². The summed E-state index contributed by atoms with van der Waals surface area (Å²) in [5.41, 5.74) is 1.22. The van der Waals surface area contributed by atoms with Crippen LogP contribution >= 0.6 is 0 Å². The minimum Gasteiger partial charge on any atom is -0.502 e. The predicted octanol–water partition coefficient (Wildman–Crippen LogP) is 2.38. The summed E-state index contributed by atoms with van der Waals surface area (Å²) in [4.78, 5) is 24.5. The van der Waals surface area contributed by atoms with Crippen molar-refractivity contribution in [3.05, 3.63) is 29.0 Å². The summed E-state index contributed by atoms with van der Waals surface area (Å²) in [6.07, 6.45) is 1.65.